The number of nitrogens with one attached hydrogen (secondary N) is 1. The van der Waals surface area contributed by atoms with E-state index < -0.39 is 28.5 Å². The number of hydrogen-bond acceptors (Lipinski definition) is 4. The van der Waals surface area contributed by atoms with Gasteiger partial charge < -0.3 is 10.2 Å². The van der Waals surface area contributed by atoms with Crippen molar-refractivity contribution in [1.29, 1.82) is 0 Å². The van der Waals surface area contributed by atoms with Crippen molar-refractivity contribution in [2.75, 3.05) is 10.8 Å². The molecule has 0 radical (unpaired) electrons. The second-order valence-corrected chi connectivity index (χ2v) is 14.1. The highest BCUT2D eigenvalue weighted by molar-refractivity contribution is 7.92. The zero-order valence-corrected chi connectivity index (χ0v) is 28.0. The zero-order chi connectivity index (χ0) is 32.7. The molecule has 45 heavy (non-hydrogen) atoms. The maximum absolute atomic E-state index is 14.5. The molecule has 0 spiro atoms. The van der Waals surface area contributed by atoms with Crippen molar-refractivity contribution in [1.82, 2.24) is 10.2 Å². The highest BCUT2D eigenvalue weighted by atomic mass is 35.5. The molecular formula is C35H37Cl2N3O4S. The number of benzene rings is 4. The maximum Gasteiger partial charge on any atom is 0.264 e. The summed E-state index contributed by atoms with van der Waals surface area (Å²) < 4.78 is 29.3. The Morgan fingerprint density at radius 2 is 1.40 bits per heavy atom. The molecule has 2 amide bonds. The molecule has 0 unspecified atom stereocenters. The summed E-state index contributed by atoms with van der Waals surface area (Å²) in [6, 6.07) is 26.7. The molecule has 10 heteroatoms. The van der Waals surface area contributed by atoms with Crippen LogP contribution in [0.15, 0.2) is 102 Å². The van der Waals surface area contributed by atoms with Crippen LogP contribution in [0.3, 0.4) is 0 Å². The molecule has 0 aliphatic heterocycles. The van der Waals surface area contributed by atoms with Crippen molar-refractivity contribution < 1.29 is 18.0 Å². The summed E-state index contributed by atoms with van der Waals surface area (Å²) in [6.07, 6.45) is 0.227. The first kappa shape index (κ1) is 34.0. The second-order valence-electron chi connectivity index (χ2n) is 11.3. The number of halogens is 2. The number of amides is 2. The minimum atomic E-state index is -4.27. The van der Waals surface area contributed by atoms with E-state index in [4.69, 9.17) is 23.2 Å². The number of rotatable bonds is 12. The van der Waals surface area contributed by atoms with Crippen molar-refractivity contribution in [2.24, 2.45) is 0 Å². The smallest absolute Gasteiger partial charge is 0.264 e. The van der Waals surface area contributed by atoms with E-state index in [1.165, 1.54) is 35.2 Å². The van der Waals surface area contributed by atoms with Crippen LogP contribution in [0.1, 0.15) is 36.1 Å². The van der Waals surface area contributed by atoms with E-state index in [1.54, 1.807) is 12.1 Å². The number of sulfonamides is 1. The van der Waals surface area contributed by atoms with Gasteiger partial charge in [0.05, 0.1) is 10.6 Å². The Labute approximate surface area is 275 Å². The number of carbonyl (C=O) groups is 2. The molecule has 0 heterocycles. The number of nitrogens with zero attached hydrogens (tertiary/aromatic N) is 2. The van der Waals surface area contributed by atoms with Crippen molar-refractivity contribution in [2.45, 2.75) is 57.6 Å². The lowest BCUT2D eigenvalue weighted by Crippen LogP contribution is -2.54. The minimum Gasteiger partial charge on any atom is -0.352 e. The summed E-state index contributed by atoms with van der Waals surface area (Å²) in [5.41, 5.74) is 3.66. The van der Waals surface area contributed by atoms with Gasteiger partial charge in [-0.1, -0.05) is 101 Å². The van der Waals surface area contributed by atoms with Crippen LogP contribution in [-0.4, -0.2) is 43.8 Å². The van der Waals surface area contributed by atoms with Crippen LogP contribution in [0, 0.1) is 13.8 Å². The van der Waals surface area contributed by atoms with Crippen LogP contribution >= 0.6 is 23.2 Å². The topological polar surface area (TPSA) is 86.8 Å². The van der Waals surface area contributed by atoms with Gasteiger partial charge in [0.2, 0.25) is 11.8 Å². The summed E-state index contributed by atoms with van der Waals surface area (Å²) in [5, 5.41) is 3.38. The average Bonchev–Trinajstić information content (AvgIpc) is 2.97. The number of anilines is 1. The Hall–Kier alpha value is -3.85. The summed E-state index contributed by atoms with van der Waals surface area (Å²) >= 11 is 12.6. The molecule has 0 bridgehead atoms. The monoisotopic (exact) mass is 665 g/mol. The van der Waals surface area contributed by atoms with E-state index in [0.29, 0.717) is 0 Å². The first-order valence-electron chi connectivity index (χ1n) is 14.6. The normalized spacial score (nSPS) is 12.1. The molecule has 236 valence electrons. The van der Waals surface area contributed by atoms with E-state index in [1.807, 2.05) is 82.3 Å². The van der Waals surface area contributed by atoms with Gasteiger partial charge >= 0.3 is 0 Å². The predicted octanol–water partition coefficient (Wildman–Crippen LogP) is 6.97. The van der Waals surface area contributed by atoms with E-state index in [0.717, 1.165) is 26.6 Å². The average molecular weight is 667 g/mol. The van der Waals surface area contributed by atoms with Crippen molar-refractivity contribution >= 4 is 50.7 Å². The van der Waals surface area contributed by atoms with E-state index in [-0.39, 0.29) is 45.5 Å². The fourth-order valence-corrected chi connectivity index (χ4v) is 6.90. The first-order chi connectivity index (χ1) is 21.3. The first-order valence-corrected chi connectivity index (χ1v) is 16.8. The van der Waals surface area contributed by atoms with Gasteiger partial charge in [-0.15, -0.1) is 0 Å². The van der Waals surface area contributed by atoms with Gasteiger partial charge in [-0.3, -0.25) is 13.9 Å². The van der Waals surface area contributed by atoms with Gasteiger partial charge in [0.15, 0.2) is 0 Å². The van der Waals surface area contributed by atoms with Crippen LogP contribution in [0.4, 0.5) is 5.69 Å². The third-order valence-corrected chi connectivity index (χ3v) is 9.39. The fraction of sp³-hybridized carbons (Fsp3) is 0.257. The van der Waals surface area contributed by atoms with Crippen LogP contribution in [0.25, 0.3) is 0 Å². The molecule has 0 saturated heterocycles. The molecule has 0 fully saturated rings. The Balaban J connectivity index is 1.83. The van der Waals surface area contributed by atoms with Gasteiger partial charge in [-0.2, -0.15) is 0 Å². The Morgan fingerprint density at radius 3 is 2.00 bits per heavy atom. The summed E-state index contributed by atoms with van der Waals surface area (Å²) in [6.45, 7) is 6.98. The molecule has 4 rings (SSSR count). The Morgan fingerprint density at radius 1 is 0.778 bits per heavy atom. The SMILES string of the molecule is Cc1ccc(S(=O)(=O)N(CC(=O)N(Cc2cccc(C)c2)[C@H](Cc2ccccc2)C(=O)NC(C)C)c2cc(Cl)cc(Cl)c2)cc1. The van der Waals surface area contributed by atoms with Crippen molar-refractivity contribution in [3.05, 3.63) is 129 Å². The molecule has 4 aromatic rings. The molecule has 7 nitrogen and oxygen atoms in total. The lowest BCUT2D eigenvalue weighted by Gasteiger charge is -2.34. The zero-order valence-electron chi connectivity index (χ0n) is 25.7. The largest absolute Gasteiger partial charge is 0.352 e. The summed E-state index contributed by atoms with van der Waals surface area (Å²) in [5.74, 6) is -0.906. The summed E-state index contributed by atoms with van der Waals surface area (Å²) in [7, 11) is -4.27. The van der Waals surface area contributed by atoms with E-state index in [2.05, 4.69) is 5.32 Å². The van der Waals surface area contributed by atoms with Gasteiger partial charge in [0.1, 0.15) is 12.6 Å². The van der Waals surface area contributed by atoms with E-state index >= 15 is 0 Å². The minimum absolute atomic E-state index is 0.000573. The van der Waals surface area contributed by atoms with Gasteiger partial charge in [0.25, 0.3) is 10.0 Å². The van der Waals surface area contributed by atoms with Crippen molar-refractivity contribution in [3.63, 3.8) is 0 Å². The lowest BCUT2D eigenvalue weighted by molar-refractivity contribution is -0.140. The second kappa shape index (κ2) is 15.0. The van der Waals surface area contributed by atoms with Crippen LogP contribution in [0.5, 0.6) is 0 Å². The van der Waals surface area contributed by atoms with Crippen LogP contribution in [-0.2, 0) is 32.6 Å². The molecule has 0 aliphatic rings. The van der Waals surface area contributed by atoms with Crippen LogP contribution in [0.2, 0.25) is 10.0 Å². The number of carbonyl (C=O) groups excluding carboxylic acids is 2. The van der Waals surface area contributed by atoms with Gasteiger partial charge in [-0.25, -0.2) is 8.42 Å². The fourth-order valence-electron chi connectivity index (χ4n) is 4.99. The predicted molar refractivity (Wildman–Crippen MR) is 181 cm³/mol. The molecule has 0 saturated carbocycles. The Bertz CT molecular complexity index is 1730. The standard InChI is InChI=1S/C35H37Cl2N3O4S/c1-24(2)38-35(42)33(18-27-10-6-5-7-11-27)39(22-28-12-8-9-26(4)17-28)34(41)23-40(31-20-29(36)19-30(37)21-31)45(43,44)32-15-13-25(3)14-16-32/h5-17,19-21,24,33H,18,22-23H2,1-4H3,(H,38,42)/t33-/m1/s1. The third-order valence-electron chi connectivity index (χ3n) is 7.16. The molecule has 1 N–H and O–H groups in total. The van der Waals surface area contributed by atoms with Crippen molar-refractivity contribution in [3.8, 4) is 0 Å². The molecule has 4 aromatic carbocycles. The van der Waals surface area contributed by atoms with Gasteiger partial charge in [-0.05, 0) is 69.2 Å². The molecule has 0 aliphatic carbocycles. The molecule has 1 atom stereocenters. The maximum atomic E-state index is 14.5. The Kier molecular flexibility index (Phi) is 11.3. The van der Waals surface area contributed by atoms with E-state index in [9.17, 15) is 18.0 Å². The lowest BCUT2D eigenvalue weighted by atomic mass is 10.0. The van der Waals surface area contributed by atoms with Crippen LogP contribution < -0.4 is 9.62 Å². The molecule has 0 aromatic heterocycles. The van der Waals surface area contributed by atoms with Gasteiger partial charge in [0, 0.05) is 29.1 Å². The highest BCUT2D eigenvalue weighted by Crippen LogP contribution is 2.30. The molecular weight excluding hydrogens is 629 g/mol. The number of aryl methyl sites for hydroxylation is 2. The number of hydrogen-bond donors (Lipinski definition) is 1. The third kappa shape index (κ3) is 9.10. The highest BCUT2D eigenvalue weighted by Gasteiger charge is 2.35. The summed E-state index contributed by atoms with van der Waals surface area (Å²) in [4.78, 5) is 29.8. The quantitative estimate of drug-likeness (QED) is 0.177.